The molecule has 21 heavy (non-hydrogen) atoms. The fourth-order valence-corrected chi connectivity index (χ4v) is 3.71. The van der Waals surface area contributed by atoms with Crippen molar-refractivity contribution in [1.29, 1.82) is 0 Å². The van der Waals surface area contributed by atoms with Gasteiger partial charge in [0.25, 0.3) is 0 Å². The Morgan fingerprint density at radius 3 is 3.14 bits per heavy atom. The third-order valence-corrected chi connectivity index (χ3v) is 4.80. The predicted octanol–water partition coefficient (Wildman–Crippen LogP) is 1.06. The molecule has 2 aliphatic rings. The molecule has 0 spiro atoms. The summed E-state index contributed by atoms with van der Waals surface area (Å²) in [5, 5.41) is 11.5. The zero-order valence-electron chi connectivity index (χ0n) is 11.5. The summed E-state index contributed by atoms with van der Waals surface area (Å²) in [7, 11) is 0. The van der Waals surface area contributed by atoms with Gasteiger partial charge in [-0.3, -0.25) is 4.90 Å². The molecule has 2 amide bonds. The fourth-order valence-electron chi connectivity index (χ4n) is 2.75. The molecule has 3 rings (SSSR count). The van der Waals surface area contributed by atoms with E-state index in [1.807, 2.05) is 17.0 Å². The van der Waals surface area contributed by atoms with Crippen molar-refractivity contribution in [3.63, 3.8) is 0 Å². The molecule has 1 unspecified atom stereocenters. The van der Waals surface area contributed by atoms with Crippen LogP contribution in [0.5, 0.6) is 0 Å². The van der Waals surface area contributed by atoms with Crippen molar-refractivity contribution in [1.82, 2.24) is 15.1 Å². The summed E-state index contributed by atoms with van der Waals surface area (Å²) in [6.07, 6.45) is 2.78. The van der Waals surface area contributed by atoms with Crippen molar-refractivity contribution < 1.29 is 14.7 Å². The van der Waals surface area contributed by atoms with Gasteiger partial charge in [-0.1, -0.05) is 0 Å². The molecule has 2 saturated heterocycles. The Morgan fingerprint density at radius 2 is 2.33 bits per heavy atom. The number of carboxylic acid groups (broad SMARTS) is 1. The summed E-state index contributed by atoms with van der Waals surface area (Å²) >= 11 is 1.61. The monoisotopic (exact) mass is 307 g/mol. The van der Waals surface area contributed by atoms with Gasteiger partial charge in [-0.2, -0.15) is 0 Å². The summed E-state index contributed by atoms with van der Waals surface area (Å²) in [6, 6.07) is 4.31. The van der Waals surface area contributed by atoms with Crippen LogP contribution in [0.15, 0.2) is 18.2 Å². The quantitative estimate of drug-likeness (QED) is 0.816. The van der Waals surface area contributed by atoms with E-state index in [1.54, 1.807) is 17.4 Å². The Hall–Kier alpha value is -1.86. The maximum absolute atomic E-state index is 11.5. The smallest absolute Gasteiger partial charge is 0.328 e. The minimum absolute atomic E-state index is 0.0527. The van der Waals surface area contributed by atoms with E-state index in [1.165, 1.54) is 4.88 Å². The molecular formula is C14H17N3O3S. The van der Waals surface area contributed by atoms with Crippen LogP contribution in [-0.4, -0.2) is 59.1 Å². The molecule has 6 nitrogen and oxygen atoms in total. The van der Waals surface area contributed by atoms with Gasteiger partial charge in [0.15, 0.2) is 0 Å². The van der Waals surface area contributed by atoms with E-state index in [9.17, 15) is 9.59 Å². The van der Waals surface area contributed by atoms with Crippen LogP contribution >= 0.6 is 11.3 Å². The van der Waals surface area contributed by atoms with E-state index in [0.717, 1.165) is 43.7 Å². The van der Waals surface area contributed by atoms with Crippen LogP contribution in [0.2, 0.25) is 0 Å². The first-order valence-electron chi connectivity index (χ1n) is 6.88. The highest BCUT2D eigenvalue weighted by molar-refractivity contribution is 7.12. The number of amides is 2. The second kappa shape index (κ2) is 5.87. The number of piperazine rings is 1. The number of rotatable bonds is 4. The van der Waals surface area contributed by atoms with Gasteiger partial charge in [0.1, 0.15) is 0 Å². The van der Waals surface area contributed by atoms with E-state index < -0.39 is 5.97 Å². The minimum Gasteiger partial charge on any atom is -0.478 e. The van der Waals surface area contributed by atoms with Gasteiger partial charge in [0.05, 0.1) is 6.04 Å². The third kappa shape index (κ3) is 3.25. The standard InChI is InChI=1S/C14H17N3O3S/c18-13(19)4-3-11-1-2-12(21-11)9-16-5-6-17-10(8-16)7-15-14(17)20/h1-4,10H,5-9H2,(H,15,20)(H,18,19). The molecule has 0 radical (unpaired) electrons. The number of urea groups is 1. The van der Waals surface area contributed by atoms with Gasteiger partial charge in [-0.15, -0.1) is 11.3 Å². The zero-order chi connectivity index (χ0) is 14.8. The van der Waals surface area contributed by atoms with Crippen molar-refractivity contribution in [3.05, 3.63) is 28.0 Å². The predicted molar refractivity (Wildman–Crippen MR) is 80.2 cm³/mol. The normalized spacial score (nSPS) is 22.6. The largest absolute Gasteiger partial charge is 0.478 e. The molecule has 1 aromatic rings. The third-order valence-electron chi connectivity index (χ3n) is 3.77. The van der Waals surface area contributed by atoms with E-state index in [-0.39, 0.29) is 12.1 Å². The molecule has 1 aromatic heterocycles. The number of hydrogen-bond donors (Lipinski definition) is 2. The molecule has 112 valence electrons. The van der Waals surface area contributed by atoms with Gasteiger partial charge in [-0.05, 0) is 18.2 Å². The van der Waals surface area contributed by atoms with Gasteiger partial charge in [0.2, 0.25) is 0 Å². The van der Waals surface area contributed by atoms with Gasteiger partial charge >= 0.3 is 12.0 Å². The maximum Gasteiger partial charge on any atom is 0.328 e. The molecule has 2 fully saturated rings. The van der Waals surface area contributed by atoms with E-state index >= 15 is 0 Å². The molecule has 0 aliphatic carbocycles. The lowest BCUT2D eigenvalue weighted by Crippen LogP contribution is -2.51. The number of hydrogen-bond acceptors (Lipinski definition) is 4. The Bertz CT molecular complexity index is 584. The van der Waals surface area contributed by atoms with Crippen LogP contribution in [-0.2, 0) is 11.3 Å². The molecule has 7 heteroatoms. The van der Waals surface area contributed by atoms with Crippen molar-refractivity contribution in [2.75, 3.05) is 26.2 Å². The topological polar surface area (TPSA) is 72.9 Å². The molecule has 0 aromatic carbocycles. The first kappa shape index (κ1) is 14.1. The highest BCUT2D eigenvalue weighted by Gasteiger charge is 2.35. The summed E-state index contributed by atoms with van der Waals surface area (Å²) in [5.74, 6) is -0.931. The number of carboxylic acids is 1. The number of nitrogens with zero attached hydrogens (tertiary/aromatic N) is 2. The number of aliphatic carboxylic acids is 1. The van der Waals surface area contributed by atoms with E-state index in [2.05, 4.69) is 10.2 Å². The Morgan fingerprint density at radius 1 is 1.48 bits per heavy atom. The summed E-state index contributed by atoms with van der Waals surface area (Å²) in [4.78, 5) is 28.5. The lowest BCUT2D eigenvalue weighted by Gasteiger charge is -2.36. The van der Waals surface area contributed by atoms with Crippen LogP contribution < -0.4 is 5.32 Å². The number of carbonyl (C=O) groups is 2. The van der Waals surface area contributed by atoms with E-state index in [4.69, 9.17) is 5.11 Å². The SMILES string of the molecule is O=C(O)C=Cc1ccc(CN2CCN3C(=O)NCC3C2)s1. The molecule has 2 N–H and O–H groups in total. The van der Waals surface area contributed by atoms with Crippen LogP contribution in [0.4, 0.5) is 4.79 Å². The Kier molecular flexibility index (Phi) is 3.94. The average Bonchev–Trinajstić information content (AvgIpc) is 3.04. The van der Waals surface area contributed by atoms with Crippen LogP contribution in [0, 0.1) is 0 Å². The van der Waals surface area contributed by atoms with Crippen LogP contribution in [0.25, 0.3) is 6.08 Å². The van der Waals surface area contributed by atoms with Gasteiger partial charge in [0, 0.05) is 48.6 Å². The molecule has 0 saturated carbocycles. The molecular weight excluding hydrogens is 290 g/mol. The highest BCUT2D eigenvalue weighted by atomic mass is 32.1. The number of thiophene rings is 1. The Balaban J connectivity index is 1.58. The van der Waals surface area contributed by atoms with Crippen molar-refractivity contribution in [2.45, 2.75) is 12.6 Å². The fraction of sp³-hybridized carbons (Fsp3) is 0.429. The van der Waals surface area contributed by atoms with E-state index in [0.29, 0.717) is 0 Å². The number of nitrogens with one attached hydrogen (secondary N) is 1. The van der Waals surface area contributed by atoms with Gasteiger partial charge < -0.3 is 15.3 Å². The summed E-state index contributed by atoms with van der Waals surface area (Å²) < 4.78 is 0. The summed E-state index contributed by atoms with van der Waals surface area (Å²) in [6.45, 7) is 4.11. The number of fused-ring (bicyclic) bond motifs is 1. The van der Waals surface area contributed by atoms with Crippen molar-refractivity contribution in [2.24, 2.45) is 0 Å². The minimum atomic E-state index is -0.931. The average molecular weight is 307 g/mol. The first-order valence-corrected chi connectivity index (χ1v) is 7.70. The van der Waals surface area contributed by atoms with Crippen molar-refractivity contribution in [3.8, 4) is 0 Å². The Labute approximate surface area is 126 Å². The van der Waals surface area contributed by atoms with Gasteiger partial charge in [-0.25, -0.2) is 9.59 Å². The second-order valence-corrected chi connectivity index (χ2v) is 6.44. The molecule has 2 aliphatic heterocycles. The van der Waals surface area contributed by atoms with Crippen LogP contribution in [0.3, 0.4) is 0 Å². The highest BCUT2D eigenvalue weighted by Crippen LogP contribution is 2.22. The second-order valence-electron chi connectivity index (χ2n) is 5.24. The molecule has 1 atom stereocenters. The summed E-state index contributed by atoms with van der Waals surface area (Å²) in [5.41, 5.74) is 0. The maximum atomic E-state index is 11.5. The van der Waals surface area contributed by atoms with Crippen LogP contribution in [0.1, 0.15) is 9.75 Å². The molecule has 0 bridgehead atoms. The first-order chi connectivity index (χ1) is 10.1. The number of carbonyl (C=O) groups excluding carboxylic acids is 1. The zero-order valence-corrected chi connectivity index (χ0v) is 12.3. The lowest BCUT2D eigenvalue weighted by molar-refractivity contribution is -0.131. The lowest BCUT2D eigenvalue weighted by atomic mass is 10.2. The molecule has 3 heterocycles. The van der Waals surface area contributed by atoms with Crippen molar-refractivity contribution >= 4 is 29.4 Å².